The Hall–Kier alpha value is -3.14. The van der Waals surface area contributed by atoms with E-state index in [2.05, 4.69) is 10.1 Å². The molecular weight excluding hydrogens is 512 g/mol. The van der Waals surface area contributed by atoms with Crippen LogP contribution < -0.4 is 4.74 Å². The number of aliphatic carboxylic acids is 1. The summed E-state index contributed by atoms with van der Waals surface area (Å²) in [5, 5.41) is 14.6. The maximum Gasteiger partial charge on any atom is 0.310 e. The molecule has 3 aliphatic rings. The fourth-order valence-electron chi connectivity index (χ4n) is 6.19. The SMILES string of the molecule is Cc1nc(COc2ccc(Cl)c3c2[C@@H](CN2CCCC2=O)N(C(=O)C2CCCCC2(C)C(=O)O)CC3)no1. The van der Waals surface area contributed by atoms with Crippen molar-refractivity contribution >= 4 is 29.4 Å². The molecule has 2 unspecified atom stereocenters. The number of hydrogen-bond donors (Lipinski definition) is 1. The number of fused-ring (bicyclic) bond motifs is 1. The van der Waals surface area contributed by atoms with Crippen LogP contribution in [0.5, 0.6) is 5.75 Å². The van der Waals surface area contributed by atoms with E-state index >= 15 is 0 Å². The summed E-state index contributed by atoms with van der Waals surface area (Å²) in [4.78, 5) is 46.9. The number of nitrogens with zero attached hydrogens (tertiary/aromatic N) is 4. The standard InChI is InChI=1S/C27H33ClN4O6/c1-16-29-22(30-38-16)15-37-21-9-8-19(28)17-10-13-32(20(24(17)21)14-31-12-5-7-23(31)33)25(34)18-6-3-4-11-27(18,2)26(35)36/h8-9,18,20H,3-7,10-15H2,1-2H3,(H,35,36)/t18?,20-,27?/m1/s1. The Morgan fingerprint density at radius 1 is 1.24 bits per heavy atom. The lowest BCUT2D eigenvalue weighted by atomic mass is 9.66. The van der Waals surface area contributed by atoms with Crippen molar-refractivity contribution in [2.75, 3.05) is 19.6 Å². The summed E-state index contributed by atoms with van der Waals surface area (Å²) in [6, 6.07) is 3.02. The highest BCUT2D eigenvalue weighted by Crippen LogP contribution is 2.46. The van der Waals surface area contributed by atoms with Crippen molar-refractivity contribution in [3.05, 3.63) is 40.0 Å². The van der Waals surface area contributed by atoms with E-state index in [0.717, 1.165) is 30.4 Å². The third kappa shape index (κ3) is 4.86. The van der Waals surface area contributed by atoms with Crippen LogP contribution in [0.1, 0.15) is 74.3 Å². The van der Waals surface area contributed by atoms with Crippen LogP contribution in [0.2, 0.25) is 5.02 Å². The molecule has 10 nitrogen and oxygen atoms in total. The molecule has 0 radical (unpaired) electrons. The molecule has 38 heavy (non-hydrogen) atoms. The van der Waals surface area contributed by atoms with Crippen LogP contribution in [0.25, 0.3) is 0 Å². The van der Waals surface area contributed by atoms with Crippen molar-refractivity contribution in [1.29, 1.82) is 0 Å². The lowest BCUT2D eigenvalue weighted by Crippen LogP contribution is -2.52. The minimum atomic E-state index is -1.13. The van der Waals surface area contributed by atoms with Gasteiger partial charge in [-0.2, -0.15) is 4.98 Å². The summed E-state index contributed by atoms with van der Waals surface area (Å²) in [5.41, 5.74) is 0.497. The molecule has 2 fully saturated rings. The molecule has 5 rings (SSSR count). The van der Waals surface area contributed by atoms with Crippen molar-refractivity contribution < 1.29 is 28.8 Å². The van der Waals surface area contributed by atoms with Crippen molar-refractivity contribution in [1.82, 2.24) is 19.9 Å². The summed E-state index contributed by atoms with van der Waals surface area (Å²) in [5.74, 6) is -0.371. The maximum atomic E-state index is 14.2. The first-order valence-corrected chi connectivity index (χ1v) is 13.6. The Balaban J connectivity index is 1.53. The molecule has 1 saturated heterocycles. The van der Waals surface area contributed by atoms with E-state index in [9.17, 15) is 19.5 Å². The Labute approximate surface area is 226 Å². The van der Waals surface area contributed by atoms with E-state index < -0.39 is 23.3 Å². The van der Waals surface area contributed by atoms with Gasteiger partial charge in [-0.3, -0.25) is 14.4 Å². The molecule has 1 N–H and O–H groups in total. The molecule has 1 aromatic carbocycles. The van der Waals surface area contributed by atoms with Crippen LogP contribution >= 0.6 is 11.6 Å². The van der Waals surface area contributed by atoms with Gasteiger partial charge in [0.2, 0.25) is 23.5 Å². The summed E-state index contributed by atoms with van der Waals surface area (Å²) < 4.78 is 11.2. The highest BCUT2D eigenvalue weighted by molar-refractivity contribution is 6.31. The number of carboxylic acids is 1. The van der Waals surface area contributed by atoms with Crippen molar-refractivity contribution in [3.63, 3.8) is 0 Å². The number of amides is 2. The maximum absolute atomic E-state index is 14.2. The summed E-state index contributed by atoms with van der Waals surface area (Å²) in [6.07, 6.45) is 4.32. The van der Waals surface area contributed by atoms with Crippen molar-refractivity contribution in [2.45, 2.75) is 71.4 Å². The minimum absolute atomic E-state index is 0.0457. The first-order chi connectivity index (χ1) is 18.2. The Kier molecular flexibility index (Phi) is 7.35. The van der Waals surface area contributed by atoms with E-state index in [-0.39, 0.29) is 18.4 Å². The molecule has 2 aromatic rings. The van der Waals surface area contributed by atoms with Crippen LogP contribution in [0.3, 0.4) is 0 Å². The number of carboxylic acid groups (broad SMARTS) is 1. The topological polar surface area (TPSA) is 126 Å². The number of halogens is 1. The van der Waals surface area contributed by atoms with E-state index in [1.807, 2.05) is 0 Å². The van der Waals surface area contributed by atoms with Gasteiger partial charge in [0.15, 0.2) is 6.61 Å². The second-order valence-electron chi connectivity index (χ2n) is 10.7. The van der Waals surface area contributed by atoms with E-state index in [0.29, 0.717) is 67.8 Å². The highest BCUT2D eigenvalue weighted by atomic mass is 35.5. The molecule has 2 aliphatic heterocycles. The van der Waals surface area contributed by atoms with Gasteiger partial charge in [-0.1, -0.05) is 29.6 Å². The molecule has 2 amide bonds. The monoisotopic (exact) mass is 544 g/mol. The molecular formula is C27H33ClN4O6. The first kappa shape index (κ1) is 26.5. The van der Waals surface area contributed by atoms with Gasteiger partial charge in [0.25, 0.3) is 0 Å². The average molecular weight is 545 g/mol. The number of ether oxygens (including phenoxy) is 1. The number of hydrogen-bond acceptors (Lipinski definition) is 7. The fourth-order valence-corrected chi connectivity index (χ4v) is 6.45. The molecule has 1 saturated carbocycles. The summed E-state index contributed by atoms with van der Waals surface area (Å²) >= 11 is 6.65. The molecule has 0 spiro atoms. The van der Waals surface area contributed by atoms with Crippen LogP contribution in [-0.2, 0) is 27.4 Å². The van der Waals surface area contributed by atoms with Gasteiger partial charge in [-0.15, -0.1) is 0 Å². The predicted octanol–water partition coefficient (Wildman–Crippen LogP) is 3.94. The van der Waals surface area contributed by atoms with Gasteiger partial charge in [-0.25, -0.2) is 0 Å². The second kappa shape index (κ2) is 10.6. The second-order valence-corrected chi connectivity index (χ2v) is 11.1. The number of benzene rings is 1. The molecule has 204 valence electrons. The van der Waals surface area contributed by atoms with Crippen LogP contribution in [-0.4, -0.2) is 62.5 Å². The normalized spacial score (nSPS) is 25.4. The predicted molar refractivity (Wildman–Crippen MR) is 136 cm³/mol. The zero-order chi connectivity index (χ0) is 27.0. The Morgan fingerprint density at radius 3 is 2.74 bits per heavy atom. The van der Waals surface area contributed by atoms with Gasteiger partial charge in [-0.05, 0) is 50.3 Å². The lowest BCUT2D eigenvalue weighted by molar-refractivity contribution is -0.162. The Morgan fingerprint density at radius 2 is 2.05 bits per heavy atom. The number of carbonyl (C=O) groups excluding carboxylic acids is 2. The third-order valence-electron chi connectivity index (χ3n) is 8.34. The van der Waals surface area contributed by atoms with Gasteiger partial charge in [0.05, 0.1) is 17.4 Å². The third-order valence-corrected chi connectivity index (χ3v) is 8.70. The van der Waals surface area contributed by atoms with E-state index in [4.69, 9.17) is 20.9 Å². The van der Waals surface area contributed by atoms with E-state index in [1.54, 1.807) is 35.8 Å². The smallest absolute Gasteiger partial charge is 0.310 e. The number of likely N-dealkylation sites (tertiary alicyclic amines) is 1. The average Bonchev–Trinajstić information content (AvgIpc) is 3.50. The van der Waals surface area contributed by atoms with Gasteiger partial charge in [0.1, 0.15) is 5.75 Å². The molecule has 3 heterocycles. The lowest BCUT2D eigenvalue weighted by Gasteiger charge is -2.45. The van der Waals surface area contributed by atoms with Crippen molar-refractivity contribution in [2.24, 2.45) is 11.3 Å². The highest BCUT2D eigenvalue weighted by Gasteiger charge is 2.50. The Bertz CT molecular complexity index is 1250. The summed E-state index contributed by atoms with van der Waals surface area (Å²) in [6.45, 7) is 4.75. The van der Waals surface area contributed by atoms with Crippen molar-refractivity contribution in [3.8, 4) is 5.75 Å². The first-order valence-electron chi connectivity index (χ1n) is 13.2. The zero-order valence-electron chi connectivity index (χ0n) is 21.7. The zero-order valence-corrected chi connectivity index (χ0v) is 22.5. The number of aromatic nitrogens is 2. The quantitative estimate of drug-likeness (QED) is 0.555. The number of rotatable bonds is 7. The van der Waals surface area contributed by atoms with Gasteiger partial charge >= 0.3 is 5.97 Å². The van der Waals surface area contributed by atoms with Crippen LogP contribution in [0.15, 0.2) is 16.7 Å². The van der Waals surface area contributed by atoms with E-state index in [1.165, 1.54) is 0 Å². The largest absolute Gasteiger partial charge is 0.485 e. The molecule has 11 heteroatoms. The minimum Gasteiger partial charge on any atom is -0.485 e. The molecule has 1 aliphatic carbocycles. The molecule has 3 atom stereocenters. The van der Waals surface area contributed by atoms with Gasteiger partial charge < -0.3 is 24.2 Å². The van der Waals surface area contributed by atoms with Crippen LogP contribution in [0.4, 0.5) is 0 Å². The van der Waals surface area contributed by atoms with Gasteiger partial charge in [0, 0.05) is 43.6 Å². The molecule has 0 bridgehead atoms. The van der Waals surface area contributed by atoms with Crippen LogP contribution in [0, 0.1) is 18.3 Å². The fraction of sp³-hybridized carbons (Fsp3) is 0.593. The summed E-state index contributed by atoms with van der Waals surface area (Å²) in [7, 11) is 0. The number of carbonyl (C=O) groups is 3. The molecule has 1 aromatic heterocycles. The number of aryl methyl sites for hydroxylation is 1.